The number of para-hydroxylation sites is 1. The Bertz CT molecular complexity index is 1240. The largest absolute Gasteiger partial charge is 0.465 e. The first-order chi connectivity index (χ1) is 14.0. The minimum absolute atomic E-state index is 0.155. The summed E-state index contributed by atoms with van der Waals surface area (Å²) in [7, 11) is 0. The van der Waals surface area contributed by atoms with Crippen molar-refractivity contribution in [2.24, 2.45) is 0 Å². The van der Waals surface area contributed by atoms with Crippen molar-refractivity contribution in [2.75, 3.05) is 6.61 Å². The number of aromatic nitrogens is 2. The molecule has 29 heavy (non-hydrogen) atoms. The lowest BCUT2D eigenvalue weighted by Gasteiger charge is -2.26. The second kappa shape index (κ2) is 7.20. The van der Waals surface area contributed by atoms with Gasteiger partial charge in [-0.3, -0.25) is 14.2 Å². The van der Waals surface area contributed by atoms with Crippen molar-refractivity contribution in [1.29, 1.82) is 0 Å². The summed E-state index contributed by atoms with van der Waals surface area (Å²) in [6.07, 6.45) is 0.464. The van der Waals surface area contributed by atoms with Gasteiger partial charge in [0.25, 0.3) is 5.56 Å². The Labute approximate surface area is 165 Å². The summed E-state index contributed by atoms with van der Waals surface area (Å²) in [6.45, 7) is 5.15. The van der Waals surface area contributed by atoms with Gasteiger partial charge in [-0.1, -0.05) is 19.1 Å². The van der Waals surface area contributed by atoms with Crippen LogP contribution in [0.3, 0.4) is 0 Å². The average molecular weight is 396 g/mol. The van der Waals surface area contributed by atoms with E-state index in [1.807, 2.05) is 13.0 Å². The molecular formula is C21H20N2O6. The number of carbonyl (C=O) groups is 1. The quantitative estimate of drug-likeness (QED) is 0.494. The zero-order valence-electron chi connectivity index (χ0n) is 16.4. The maximum Gasteiger partial charge on any atom is 0.343 e. The number of benzene rings is 1. The topological polar surface area (TPSA) is 101 Å². The highest BCUT2D eigenvalue weighted by Gasteiger charge is 2.36. The summed E-state index contributed by atoms with van der Waals surface area (Å²) in [4.78, 5) is 42.3. The van der Waals surface area contributed by atoms with Crippen molar-refractivity contribution < 1.29 is 18.7 Å². The lowest BCUT2D eigenvalue weighted by molar-refractivity contribution is -0.143. The van der Waals surface area contributed by atoms with Gasteiger partial charge in [-0.25, -0.2) is 4.79 Å². The van der Waals surface area contributed by atoms with Crippen LogP contribution in [-0.2, 0) is 16.1 Å². The molecule has 0 spiro atoms. The van der Waals surface area contributed by atoms with Crippen LogP contribution >= 0.6 is 0 Å². The summed E-state index contributed by atoms with van der Waals surface area (Å²) in [5.74, 6) is -0.237. The second-order valence-electron chi connectivity index (χ2n) is 6.77. The molecule has 3 aromatic rings. The Morgan fingerprint density at radius 1 is 1.21 bits per heavy atom. The normalized spacial score (nSPS) is 14.8. The molecule has 0 fully saturated rings. The van der Waals surface area contributed by atoms with Crippen molar-refractivity contribution in [1.82, 2.24) is 9.55 Å². The molecular weight excluding hydrogens is 376 g/mol. The van der Waals surface area contributed by atoms with Crippen LogP contribution in [0.4, 0.5) is 0 Å². The summed E-state index contributed by atoms with van der Waals surface area (Å²) in [5, 5.41) is 0.640. The Kier molecular flexibility index (Phi) is 4.70. The van der Waals surface area contributed by atoms with Crippen molar-refractivity contribution >= 4 is 16.9 Å². The first kappa shape index (κ1) is 18.9. The minimum Gasteiger partial charge on any atom is -0.465 e. The van der Waals surface area contributed by atoms with Crippen LogP contribution in [0, 0.1) is 6.92 Å². The highest BCUT2D eigenvalue weighted by atomic mass is 16.5. The van der Waals surface area contributed by atoms with Crippen LogP contribution in [0.5, 0.6) is 11.6 Å². The molecule has 0 radical (unpaired) electrons. The maximum atomic E-state index is 13.2. The third-order valence-corrected chi connectivity index (χ3v) is 5.06. The molecule has 8 heteroatoms. The fourth-order valence-corrected chi connectivity index (χ4v) is 3.74. The number of ether oxygens (including phenoxy) is 2. The van der Waals surface area contributed by atoms with Gasteiger partial charge in [0.15, 0.2) is 5.75 Å². The van der Waals surface area contributed by atoms with E-state index in [-0.39, 0.29) is 24.6 Å². The number of fused-ring (bicyclic) bond motifs is 4. The first-order valence-electron chi connectivity index (χ1n) is 9.46. The van der Waals surface area contributed by atoms with Crippen molar-refractivity contribution in [3.05, 3.63) is 62.0 Å². The molecule has 0 saturated carbocycles. The number of esters is 1. The molecule has 1 unspecified atom stereocenters. The van der Waals surface area contributed by atoms with Crippen LogP contribution in [-0.4, -0.2) is 22.1 Å². The molecule has 1 aromatic carbocycles. The Morgan fingerprint density at radius 3 is 2.69 bits per heavy atom. The molecule has 150 valence electrons. The number of aryl methyl sites for hydroxylation is 1. The molecule has 2 aromatic heterocycles. The molecule has 8 nitrogen and oxygen atoms in total. The highest BCUT2D eigenvalue weighted by molar-refractivity contribution is 5.85. The third kappa shape index (κ3) is 3.00. The van der Waals surface area contributed by atoms with Gasteiger partial charge in [0, 0.05) is 5.92 Å². The molecule has 0 bridgehead atoms. The molecule has 4 rings (SSSR count). The lowest BCUT2D eigenvalue weighted by Crippen LogP contribution is -2.35. The smallest absolute Gasteiger partial charge is 0.343 e. The summed E-state index contributed by atoms with van der Waals surface area (Å²) < 4.78 is 17.6. The SMILES string of the molecule is CCOC(=O)Cn1c(C)nc2c(c1=O)C(CC)c1c(c3ccccc3oc1=O)O2. The van der Waals surface area contributed by atoms with Crippen LogP contribution in [0.25, 0.3) is 11.0 Å². The van der Waals surface area contributed by atoms with Gasteiger partial charge < -0.3 is 13.9 Å². The molecule has 0 amide bonds. The molecule has 0 saturated heterocycles. The van der Waals surface area contributed by atoms with Crippen molar-refractivity contribution in [3.63, 3.8) is 0 Å². The second-order valence-corrected chi connectivity index (χ2v) is 6.77. The van der Waals surface area contributed by atoms with Gasteiger partial charge in [-0.15, -0.1) is 0 Å². The number of rotatable bonds is 4. The van der Waals surface area contributed by atoms with Gasteiger partial charge in [-0.05, 0) is 32.4 Å². The van der Waals surface area contributed by atoms with E-state index in [1.165, 1.54) is 4.57 Å². The van der Waals surface area contributed by atoms with E-state index in [4.69, 9.17) is 13.9 Å². The van der Waals surface area contributed by atoms with Crippen LogP contribution < -0.4 is 15.9 Å². The van der Waals surface area contributed by atoms with Crippen LogP contribution in [0.15, 0.2) is 38.3 Å². The minimum atomic E-state index is -0.552. The Balaban J connectivity index is 1.94. The zero-order valence-corrected chi connectivity index (χ0v) is 16.4. The third-order valence-electron chi connectivity index (χ3n) is 5.06. The number of carbonyl (C=O) groups excluding carboxylic acids is 1. The monoisotopic (exact) mass is 396 g/mol. The summed E-state index contributed by atoms with van der Waals surface area (Å²) >= 11 is 0. The first-order valence-corrected chi connectivity index (χ1v) is 9.46. The van der Waals surface area contributed by atoms with Crippen molar-refractivity contribution in [2.45, 2.75) is 39.7 Å². The maximum absolute atomic E-state index is 13.2. The van der Waals surface area contributed by atoms with Crippen LogP contribution in [0.1, 0.15) is 43.1 Å². The van der Waals surface area contributed by atoms with Crippen LogP contribution in [0.2, 0.25) is 0 Å². The standard InChI is InChI=1S/C21H20N2O6/c1-4-12-16-18(13-8-6-7-9-14(13)28-21(16)26)29-19-17(12)20(25)23(11(3)22-19)10-15(24)27-5-2/h6-9,12H,4-5,10H2,1-3H3. The zero-order chi connectivity index (χ0) is 20.7. The van der Waals surface area contributed by atoms with E-state index >= 15 is 0 Å². The molecule has 1 atom stereocenters. The van der Waals surface area contributed by atoms with Crippen molar-refractivity contribution in [3.8, 4) is 11.6 Å². The Morgan fingerprint density at radius 2 is 1.97 bits per heavy atom. The van der Waals surface area contributed by atoms with E-state index in [1.54, 1.807) is 32.0 Å². The van der Waals surface area contributed by atoms with Gasteiger partial charge in [0.2, 0.25) is 5.88 Å². The van der Waals surface area contributed by atoms with E-state index in [0.717, 1.165) is 0 Å². The van der Waals surface area contributed by atoms with E-state index in [2.05, 4.69) is 4.98 Å². The van der Waals surface area contributed by atoms with Gasteiger partial charge in [0.05, 0.1) is 23.1 Å². The van der Waals surface area contributed by atoms with E-state index in [9.17, 15) is 14.4 Å². The highest BCUT2D eigenvalue weighted by Crippen LogP contribution is 2.44. The van der Waals surface area contributed by atoms with Gasteiger partial charge in [0.1, 0.15) is 18.0 Å². The molecule has 0 N–H and O–H groups in total. The fraction of sp³-hybridized carbons (Fsp3) is 0.333. The summed E-state index contributed by atoms with van der Waals surface area (Å²) in [5.41, 5.74) is -0.0257. The molecule has 0 aliphatic carbocycles. The molecule has 3 heterocycles. The predicted octanol–water partition coefficient (Wildman–Crippen LogP) is 2.87. The molecule has 1 aliphatic rings. The predicted molar refractivity (Wildman–Crippen MR) is 105 cm³/mol. The lowest BCUT2D eigenvalue weighted by atomic mass is 9.88. The van der Waals surface area contributed by atoms with E-state index < -0.39 is 23.1 Å². The fourth-order valence-electron chi connectivity index (χ4n) is 3.74. The Hall–Kier alpha value is -3.42. The average Bonchev–Trinajstić information content (AvgIpc) is 2.70. The van der Waals surface area contributed by atoms with Gasteiger partial charge in [-0.2, -0.15) is 4.98 Å². The number of nitrogens with zero attached hydrogens (tertiary/aromatic N) is 2. The van der Waals surface area contributed by atoms with Gasteiger partial charge >= 0.3 is 11.6 Å². The molecule has 1 aliphatic heterocycles. The number of hydrogen-bond acceptors (Lipinski definition) is 7. The number of hydrogen-bond donors (Lipinski definition) is 0. The van der Waals surface area contributed by atoms with E-state index in [0.29, 0.717) is 34.5 Å². The summed E-state index contributed by atoms with van der Waals surface area (Å²) in [6, 6.07) is 7.07.